The van der Waals surface area contributed by atoms with Crippen LogP contribution >= 0.6 is 0 Å². The standard InChI is InChI=1S/C23H18F6N4O3S/c24-14-2-4-16(5-3-14)37(35,36)33-8-7-18(25)21(33)22(34)32-11-15-9-17(19(26)12-30-15)13-1-6-20(31-10-13)23(27,28)29/h1-6,9-10,12,18,21H,7-8,11H2,(H,32,34). The Hall–Kier alpha value is -3.52. The first kappa shape index (κ1) is 26.5. The summed E-state index contributed by atoms with van der Waals surface area (Å²) < 4.78 is 107. The van der Waals surface area contributed by atoms with E-state index in [0.29, 0.717) is 10.4 Å². The Bertz CT molecular complexity index is 1400. The Labute approximate surface area is 207 Å². The number of amides is 1. The molecule has 2 aromatic heterocycles. The van der Waals surface area contributed by atoms with Gasteiger partial charge in [-0.2, -0.15) is 17.5 Å². The molecule has 1 amide bonds. The highest BCUT2D eigenvalue weighted by molar-refractivity contribution is 7.89. The molecular formula is C23H18F6N4O3S. The maximum Gasteiger partial charge on any atom is 0.433 e. The molecule has 2 atom stereocenters. The van der Waals surface area contributed by atoms with E-state index in [1.165, 1.54) is 6.07 Å². The third-order valence-electron chi connectivity index (χ3n) is 5.69. The number of pyridine rings is 2. The van der Waals surface area contributed by atoms with Crippen molar-refractivity contribution in [1.82, 2.24) is 19.6 Å². The number of benzene rings is 1. The molecule has 1 aromatic carbocycles. The van der Waals surface area contributed by atoms with Crippen LogP contribution in [0.1, 0.15) is 17.8 Å². The SMILES string of the molecule is O=C(NCc1cc(-c2ccc(C(F)(F)F)nc2)c(F)cn1)C1C(F)CCN1S(=O)(=O)c1ccc(F)cc1. The second-order valence-electron chi connectivity index (χ2n) is 8.12. The van der Waals surface area contributed by atoms with Crippen LogP contribution in [-0.4, -0.2) is 47.4 Å². The van der Waals surface area contributed by atoms with Gasteiger partial charge < -0.3 is 5.32 Å². The van der Waals surface area contributed by atoms with Gasteiger partial charge in [0, 0.05) is 23.9 Å². The van der Waals surface area contributed by atoms with Gasteiger partial charge in [-0.3, -0.25) is 14.8 Å². The number of nitrogens with one attached hydrogen (secondary N) is 1. The van der Waals surface area contributed by atoms with Gasteiger partial charge in [0.2, 0.25) is 15.9 Å². The van der Waals surface area contributed by atoms with Crippen molar-refractivity contribution in [2.24, 2.45) is 0 Å². The van der Waals surface area contributed by atoms with Crippen molar-refractivity contribution in [1.29, 1.82) is 0 Å². The maximum atomic E-state index is 14.6. The molecule has 1 aliphatic rings. The number of nitrogens with zero attached hydrogens (tertiary/aromatic N) is 3. The molecule has 0 aliphatic carbocycles. The van der Waals surface area contributed by atoms with Crippen LogP contribution in [0.2, 0.25) is 0 Å². The Morgan fingerprint density at radius 1 is 1.05 bits per heavy atom. The first-order valence-electron chi connectivity index (χ1n) is 10.7. The van der Waals surface area contributed by atoms with E-state index < -0.39 is 51.6 Å². The van der Waals surface area contributed by atoms with E-state index in [1.807, 2.05) is 0 Å². The van der Waals surface area contributed by atoms with Gasteiger partial charge in [-0.1, -0.05) is 6.07 Å². The Morgan fingerprint density at radius 2 is 1.76 bits per heavy atom. The van der Waals surface area contributed by atoms with E-state index in [4.69, 9.17) is 0 Å². The molecule has 1 fully saturated rings. The highest BCUT2D eigenvalue weighted by Gasteiger charge is 2.46. The predicted molar refractivity (Wildman–Crippen MR) is 118 cm³/mol. The van der Waals surface area contributed by atoms with E-state index in [0.717, 1.165) is 42.7 Å². The molecule has 7 nitrogen and oxygen atoms in total. The molecule has 3 aromatic rings. The zero-order valence-electron chi connectivity index (χ0n) is 18.7. The first-order valence-corrected chi connectivity index (χ1v) is 12.2. The summed E-state index contributed by atoms with van der Waals surface area (Å²) in [6, 6.07) is 5.05. The van der Waals surface area contributed by atoms with Crippen molar-refractivity contribution < 1.29 is 39.6 Å². The zero-order valence-corrected chi connectivity index (χ0v) is 19.5. The molecule has 2 unspecified atom stereocenters. The first-order chi connectivity index (χ1) is 17.4. The molecule has 1 aliphatic heterocycles. The molecule has 196 valence electrons. The van der Waals surface area contributed by atoms with Crippen LogP contribution in [0.25, 0.3) is 11.1 Å². The monoisotopic (exact) mass is 544 g/mol. The van der Waals surface area contributed by atoms with Gasteiger partial charge in [-0.25, -0.2) is 21.6 Å². The number of alkyl halides is 4. The average Bonchev–Trinajstić information content (AvgIpc) is 3.25. The molecule has 37 heavy (non-hydrogen) atoms. The van der Waals surface area contributed by atoms with Crippen molar-refractivity contribution in [3.63, 3.8) is 0 Å². The normalized spacial score (nSPS) is 18.6. The van der Waals surface area contributed by atoms with Crippen molar-refractivity contribution in [2.75, 3.05) is 6.54 Å². The zero-order chi connectivity index (χ0) is 27.0. The Balaban J connectivity index is 1.50. The topological polar surface area (TPSA) is 92.3 Å². The van der Waals surface area contributed by atoms with E-state index >= 15 is 0 Å². The summed E-state index contributed by atoms with van der Waals surface area (Å²) in [6.07, 6.45) is -5.08. The van der Waals surface area contributed by atoms with Crippen LogP contribution in [0.15, 0.2) is 59.8 Å². The van der Waals surface area contributed by atoms with E-state index in [1.54, 1.807) is 0 Å². The lowest BCUT2D eigenvalue weighted by atomic mass is 10.1. The lowest BCUT2D eigenvalue weighted by Gasteiger charge is -2.24. The third-order valence-corrected chi connectivity index (χ3v) is 7.58. The largest absolute Gasteiger partial charge is 0.433 e. The van der Waals surface area contributed by atoms with Gasteiger partial charge in [0.1, 0.15) is 29.5 Å². The fourth-order valence-electron chi connectivity index (χ4n) is 3.84. The van der Waals surface area contributed by atoms with E-state index in [9.17, 15) is 39.6 Å². The van der Waals surface area contributed by atoms with Gasteiger partial charge in [0.05, 0.1) is 23.3 Å². The smallest absolute Gasteiger partial charge is 0.349 e. The van der Waals surface area contributed by atoms with Gasteiger partial charge in [0.15, 0.2) is 0 Å². The molecule has 1 N–H and O–H groups in total. The summed E-state index contributed by atoms with van der Waals surface area (Å²) in [6.45, 7) is -0.632. The van der Waals surface area contributed by atoms with Gasteiger partial charge in [-0.05, 0) is 42.8 Å². The van der Waals surface area contributed by atoms with Crippen LogP contribution in [0.5, 0.6) is 0 Å². The molecular weight excluding hydrogens is 526 g/mol. The Morgan fingerprint density at radius 3 is 2.38 bits per heavy atom. The minimum Gasteiger partial charge on any atom is -0.349 e. The number of aromatic nitrogens is 2. The molecule has 14 heteroatoms. The second-order valence-corrected chi connectivity index (χ2v) is 10.0. The number of rotatable bonds is 6. The number of halogens is 6. The molecule has 1 saturated heterocycles. The van der Waals surface area contributed by atoms with Crippen LogP contribution < -0.4 is 5.32 Å². The minimum atomic E-state index is -4.67. The van der Waals surface area contributed by atoms with E-state index in [-0.39, 0.29) is 41.2 Å². The highest BCUT2D eigenvalue weighted by Crippen LogP contribution is 2.31. The summed E-state index contributed by atoms with van der Waals surface area (Å²) in [5.74, 6) is -2.50. The minimum absolute atomic E-state index is 0.0247. The van der Waals surface area contributed by atoms with Crippen LogP contribution in [0, 0.1) is 11.6 Å². The summed E-state index contributed by atoms with van der Waals surface area (Å²) in [5, 5.41) is 2.37. The average molecular weight is 544 g/mol. The predicted octanol–water partition coefficient (Wildman–Crippen LogP) is 3.86. The lowest BCUT2D eigenvalue weighted by Crippen LogP contribution is -2.49. The van der Waals surface area contributed by atoms with Crippen molar-refractivity contribution >= 4 is 15.9 Å². The second kappa shape index (κ2) is 10.1. The van der Waals surface area contributed by atoms with Crippen molar-refractivity contribution in [2.45, 2.75) is 36.3 Å². The molecule has 4 rings (SSSR count). The summed E-state index contributed by atoms with van der Waals surface area (Å²) in [4.78, 5) is 19.6. The quantitative estimate of drug-likeness (QED) is 0.476. The summed E-state index contributed by atoms with van der Waals surface area (Å²) in [7, 11) is -4.31. The number of carbonyl (C=O) groups is 1. The van der Waals surface area contributed by atoms with E-state index in [2.05, 4.69) is 15.3 Å². The van der Waals surface area contributed by atoms with Crippen LogP contribution in [0.3, 0.4) is 0 Å². The highest BCUT2D eigenvalue weighted by atomic mass is 32.2. The van der Waals surface area contributed by atoms with Crippen LogP contribution in [0.4, 0.5) is 26.3 Å². The van der Waals surface area contributed by atoms with Gasteiger partial charge >= 0.3 is 6.18 Å². The van der Waals surface area contributed by atoms with Gasteiger partial charge in [0.25, 0.3) is 0 Å². The Kier molecular flexibility index (Phi) is 7.24. The summed E-state index contributed by atoms with van der Waals surface area (Å²) >= 11 is 0. The lowest BCUT2D eigenvalue weighted by molar-refractivity contribution is -0.141. The number of sulfonamides is 1. The van der Waals surface area contributed by atoms with Crippen molar-refractivity contribution in [3.8, 4) is 11.1 Å². The fourth-order valence-corrected chi connectivity index (χ4v) is 5.46. The number of hydrogen-bond donors (Lipinski definition) is 1. The number of hydrogen-bond acceptors (Lipinski definition) is 5. The third kappa shape index (κ3) is 5.59. The van der Waals surface area contributed by atoms with Gasteiger partial charge in [-0.15, -0.1) is 0 Å². The maximum absolute atomic E-state index is 14.6. The molecule has 0 bridgehead atoms. The molecule has 0 saturated carbocycles. The molecule has 0 spiro atoms. The molecule has 3 heterocycles. The van der Waals surface area contributed by atoms with Crippen molar-refractivity contribution in [3.05, 3.63) is 77.9 Å². The van der Waals surface area contributed by atoms with Crippen LogP contribution in [-0.2, 0) is 27.5 Å². The number of carbonyl (C=O) groups excluding carboxylic acids is 1. The fraction of sp³-hybridized carbons (Fsp3) is 0.261. The molecule has 0 radical (unpaired) electrons. The summed E-state index contributed by atoms with van der Waals surface area (Å²) in [5.41, 5.74) is -1.19.